The molecule has 1 aliphatic heterocycles. The molecule has 1 saturated heterocycles. The normalized spacial score (nSPS) is 21.6. The number of piperidine rings is 1. The third-order valence-corrected chi connectivity index (χ3v) is 5.37. The summed E-state index contributed by atoms with van der Waals surface area (Å²) in [6.07, 6.45) is 5.74. The summed E-state index contributed by atoms with van der Waals surface area (Å²) in [5.41, 5.74) is 1.05. The summed E-state index contributed by atoms with van der Waals surface area (Å²) in [4.78, 5) is 21.4. The van der Waals surface area contributed by atoms with Crippen LogP contribution in [0.2, 0.25) is 0 Å². The Hall–Kier alpha value is -0.940. The van der Waals surface area contributed by atoms with Gasteiger partial charge in [-0.05, 0) is 45.8 Å². The van der Waals surface area contributed by atoms with Gasteiger partial charge in [-0.1, -0.05) is 11.3 Å². The predicted octanol–water partition coefficient (Wildman–Crippen LogP) is 2.36. The molecule has 104 valence electrons. The average Bonchev–Trinajstić information content (AvgIpc) is 3.18. The molecule has 0 bridgehead atoms. The fourth-order valence-electron chi connectivity index (χ4n) is 2.75. The van der Waals surface area contributed by atoms with Crippen LogP contribution in [0.3, 0.4) is 0 Å². The smallest absolute Gasteiger partial charge is 0.186 e. The van der Waals surface area contributed by atoms with E-state index < -0.39 is 0 Å². The number of aromatic nitrogens is 1. The minimum absolute atomic E-state index is 0.552. The van der Waals surface area contributed by atoms with E-state index in [-0.39, 0.29) is 0 Å². The molecule has 0 aromatic carbocycles. The molecule has 2 aliphatic rings. The summed E-state index contributed by atoms with van der Waals surface area (Å²) in [7, 11) is 4.30. The minimum Gasteiger partial charge on any atom is -0.348 e. The number of carbonyl (C=O) groups is 1. The molecule has 1 saturated carbocycles. The van der Waals surface area contributed by atoms with Crippen molar-refractivity contribution in [2.45, 2.75) is 37.6 Å². The molecule has 1 aromatic heterocycles. The average molecular weight is 279 g/mol. The lowest BCUT2D eigenvalue weighted by Gasteiger charge is -2.34. The van der Waals surface area contributed by atoms with E-state index in [0.29, 0.717) is 12.0 Å². The SMILES string of the molecule is CN1CCC(N(C)c2nc(C3CC3)c(C=O)s2)CC1. The zero-order chi connectivity index (χ0) is 13.4. The number of aldehydes is 1. The van der Waals surface area contributed by atoms with Crippen LogP contribution >= 0.6 is 11.3 Å². The maximum atomic E-state index is 11.2. The zero-order valence-electron chi connectivity index (χ0n) is 11.6. The summed E-state index contributed by atoms with van der Waals surface area (Å²) in [5.74, 6) is 0.552. The van der Waals surface area contributed by atoms with Gasteiger partial charge in [-0.3, -0.25) is 4.79 Å². The van der Waals surface area contributed by atoms with Gasteiger partial charge < -0.3 is 9.80 Å². The standard InChI is InChI=1S/C14H21N3OS/c1-16-7-5-11(6-8-16)17(2)14-15-13(10-3-4-10)12(9-18)19-14/h9-11H,3-8H2,1-2H3. The van der Waals surface area contributed by atoms with E-state index in [1.807, 2.05) is 0 Å². The predicted molar refractivity (Wildman–Crippen MR) is 78.4 cm³/mol. The van der Waals surface area contributed by atoms with Crippen LogP contribution in [-0.4, -0.2) is 49.4 Å². The van der Waals surface area contributed by atoms with Crippen molar-refractivity contribution in [2.24, 2.45) is 0 Å². The van der Waals surface area contributed by atoms with Gasteiger partial charge in [0.1, 0.15) is 0 Å². The molecule has 4 nitrogen and oxygen atoms in total. The van der Waals surface area contributed by atoms with Gasteiger partial charge in [0.2, 0.25) is 0 Å². The monoisotopic (exact) mass is 279 g/mol. The van der Waals surface area contributed by atoms with Crippen molar-refractivity contribution in [2.75, 3.05) is 32.1 Å². The summed E-state index contributed by atoms with van der Waals surface area (Å²) >= 11 is 1.56. The van der Waals surface area contributed by atoms with Gasteiger partial charge in [0.05, 0.1) is 10.6 Å². The van der Waals surface area contributed by atoms with E-state index in [1.165, 1.54) is 25.7 Å². The Balaban J connectivity index is 1.75. The van der Waals surface area contributed by atoms with E-state index in [4.69, 9.17) is 4.98 Å². The highest BCUT2D eigenvalue weighted by Gasteiger charge is 2.31. The van der Waals surface area contributed by atoms with E-state index in [0.717, 1.165) is 35.1 Å². The second kappa shape index (κ2) is 5.21. The molecule has 2 fully saturated rings. The molecule has 0 spiro atoms. The lowest BCUT2D eigenvalue weighted by molar-refractivity contribution is 0.112. The largest absolute Gasteiger partial charge is 0.348 e. The summed E-state index contributed by atoms with van der Waals surface area (Å²) < 4.78 is 0. The lowest BCUT2D eigenvalue weighted by atomic mass is 10.0. The quantitative estimate of drug-likeness (QED) is 0.793. The molecule has 3 rings (SSSR count). The lowest BCUT2D eigenvalue weighted by Crippen LogP contribution is -2.41. The number of hydrogen-bond acceptors (Lipinski definition) is 5. The maximum absolute atomic E-state index is 11.2. The molecule has 0 unspecified atom stereocenters. The van der Waals surface area contributed by atoms with Crippen molar-refractivity contribution in [3.63, 3.8) is 0 Å². The Kier molecular flexibility index (Phi) is 3.58. The third kappa shape index (κ3) is 2.67. The van der Waals surface area contributed by atoms with Crippen molar-refractivity contribution in [3.8, 4) is 0 Å². The number of nitrogens with zero attached hydrogens (tertiary/aromatic N) is 3. The third-order valence-electron chi connectivity index (χ3n) is 4.28. The molecule has 5 heteroatoms. The molecule has 0 N–H and O–H groups in total. The van der Waals surface area contributed by atoms with Gasteiger partial charge in [-0.15, -0.1) is 0 Å². The first-order valence-corrected chi connectivity index (χ1v) is 7.88. The van der Waals surface area contributed by atoms with Crippen LogP contribution in [0.25, 0.3) is 0 Å². The van der Waals surface area contributed by atoms with Crippen LogP contribution < -0.4 is 4.90 Å². The van der Waals surface area contributed by atoms with Crippen molar-refractivity contribution in [3.05, 3.63) is 10.6 Å². The van der Waals surface area contributed by atoms with E-state index in [1.54, 1.807) is 11.3 Å². The maximum Gasteiger partial charge on any atom is 0.186 e. The van der Waals surface area contributed by atoms with Gasteiger partial charge in [-0.25, -0.2) is 4.98 Å². The number of thiazole rings is 1. The Labute approximate surface area is 118 Å². The van der Waals surface area contributed by atoms with Gasteiger partial charge in [0, 0.05) is 19.0 Å². The second-order valence-electron chi connectivity index (χ2n) is 5.78. The number of rotatable bonds is 4. The summed E-state index contributed by atoms with van der Waals surface area (Å²) in [5, 5.41) is 1.03. The molecule has 0 amide bonds. The van der Waals surface area contributed by atoms with Crippen LogP contribution in [0.1, 0.15) is 47.0 Å². The first kappa shape index (κ1) is 13.1. The molecule has 1 aromatic rings. The first-order valence-electron chi connectivity index (χ1n) is 7.06. The number of anilines is 1. The molecular formula is C14H21N3OS. The molecule has 2 heterocycles. The zero-order valence-corrected chi connectivity index (χ0v) is 12.4. The van der Waals surface area contributed by atoms with E-state index in [2.05, 4.69) is 23.9 Å². The molecule has 0 atom stereocenters. The first-order chi connectivity index (χ1) is 9.19. The Morgan fingerprint density at radius 1 is 1.32 bits per heavy atom. The second-order valence-corrected chi connectivity index (χ2v) is 6.79. The van der Waals surface area contributed by atoms with Crippen LogP contribution in [0.5, 0.6) is 0 Å². The molecule has 0 radical (unpaired) electrons. The van der Waals surface area contributed by atoms with Crippen molar-refractivity contribution < 1.29 is 4.79 Å². The van der Waals surface area contributed by atoms with Crippen molar-refractivity contribution >= 4 is 22.8 Å². The Morgan fingerprint density at radius 3 is 2.58 bits per heavy atom. The van der Waals surface area contributed by atoms with Crippen molar-refractivity contribution in [1.82, 2.24) is 9.88 Å². The fourth-order valence-corrected chi connectivity index (χ4v) is 3.75. The Bertz CT molecular complexity index is 461. The molecule has 1 aliphatic carbocycles. The van der Waals surface area contributed by atoms with Gasteiger partial charge in [0.15, 0.2) is 11.4 Å². The van der Waals surface area contributed by atoms with Gasteiger partial charge in [-0.2, -0.15) is 0 Å². The highest BCUT2D eigenvalue weighted by Crippen LogP contribution is 2.43. The van der Waals surface area contributed by atoms with Crippen LogP contribution in [-0.2, 0) is 0 Å². The van der Waals surface area contributed by atoms with Gasteiger partial charge in [0.25, 0.3) is 0 Å². The van der Waals surface area contributed by atoms with E-state index in [9.17, 15) is 4.79 Å². The van der Waals surface area contributed by atoms with Crippen molar-refractivity contribution in [1.29, 1.82) is 0 Å². The fraction of sp³-hybridized carbons (Fsp3) is 0.714. The van der Waals surface area contributed by atoms with Crippen LogP contribution in [0.15, 0.2) is 0 Å². The van der Waals surface area contributed by atoms with Crippen LogP contribution in [0, 0.1) is 0 Å². The number of carbonyl (C=O) groups excluding carboxylic acids is 1. The highest BCUT2D eigenvalue weighted by molar-refractivity contribution is 7.17. The Morgan fingerprint density at radius 2 is 2.00 bits per heavy atom. The topological polar surface area (TPSA) is 36.4 Å². The van der Waals surface area contributed by atoms with E-state index >= 15 is 0 Å². The van der Waals surface area contributed by atoms with Crippen LogP contribution in [0.4, 0.5) is 5.13 Å². The summed E-state index contributed by atoms with van der Waals surface area (Å²) in [6, 6.07) is 0.564. The van der Waals surface area contributed by atoms with Gasteiger partial charge >= 0.3 is 0 Å². The molecule has 19 heavy (non-hydrogen) atoms. The number of hydrogen-bond donors (Lipinski definition) is 0. The minimum atomic E-state index is 0.552. The summed E-state index contributed by atoms with van der Waals surface area (Å²) in [6.45, 7) is 2.30. The highest BCUT2D eigenvalue weighted by atomic mass is 32.1. The number of likely N-dealkylation sites (tertiary alicyclic amines) is 1. The molecular weight excluding hydrogens is 258 g/mol.